The van der Waals surface area contributed by atoms with Crippen LogP contribution >= 0.6 is 0 Å². The second kappa shape index (κ2) is 2.50. The van der Waals surface area contributed by atoms with E-state index in [1.54, 1.807) is 6.07 Å². The van der Waals surface area contributed by atoms with Gasteiger partial charge in [-0.3, -0.25) is 0 Å². The molecule has 3 nitrogen and oxygen atoms in total. The molecule has 0 aliphatic heterocycles. The summed E-state index contributed by atoms with van der Waals surface area (Å²) < 4.78 is 2.23. The highest BCUT2D eigenvalue weighted by molar-refractivity contribution is 5.82. The standard InChI is InChI=1S/C11H12N2O/c1-7-12-11-9(3-2-4-10(11)14)13(7)8-5-6-8/h2-4,8,14H,5-6H2,1H3. The van der Waals surface area contributed by atoms with Crippen molar-refractivity contribution in [2.45, 2.75) is 25.8 Å². The third-order valence-electron chi connectivity index (χ3n) is 2.79. The fraction of sp³-hybridized carbons (Fsp3) is 0.364. The van der Waals surface area contributed by atoms with Crippen molar-refractivity contribution in [1.82, 2.24) is 9.55 Å². The van der Waals surface area contributed by atoms with E-state index in [0.29, 0.717) is 6.04 Å². The van der Waals surface area contributed by atoms with Crippen LogP contribution in [0.4, 0.5) is 0 Å². The third-order valence-corrected chi connectivity index (χ3v) is 2.79. The molecule has 3 heteroatoms. The van der Waals surface area contributed by atoms with Crippen LogP contribution in [0.2, 0.25) is 0 Å². The fourth-order valence-electron chi connectivity index (χ4n) is 2.01. The van der Waals surface area contributed by atoms with Crippen molar-refractivity contribution in [3.05, 3.63) is 24.0 Å². The number of hydrogen-bond donors (Lipinski definition) is 1. The first-order chi connectivity index (χ1) is 6.77. The van der Waals surface area contributed by atoms with Gasteiger partial charge in [0.15, 0.2) is 0 Å². The number of para-hydroxylation sites is 1. The average molecular weight is 188 g/mol. The maximum absolute atomic E-state index is 9.64. The van der Waals surface area contributed by atoms with Crippen LogP contribution in [0.15, 0.2) is 18.2 Å². The zero-order valence-electron chi connectivity index (χ0n) is 8.07. The summed E-state index contributed by atoms with van der Waals surface area (Å²) in [5, 5.41) is 9.64. The van der Waals surface area contributed by atoms with E-state index in [-0.39, 0.29) is 5.75 Å². The van der Waals surface area contributed by atoms with Crippen LogP contribution in [0.3, 0.4) is 0 Å². The molecule has 1 aromatic carbocycles. The van der Waals surface area contributed by atoms with Crippen molar-refractivity contribution in [3.63, 3.8) is 0 Å². The van der Waals surface area contributed by atoms with Crippen LogP contribution in [0.1, 0.15) is 24.7 Å². The Bertz CT molecular complexity index is 497. The molecular weight excluding hydrogens is 176 g/mol. The molecule has 1 heterocycles. The van der Waals surface area contributed by atoms with E-state index in [2.05, 4.69) is 9.55 Å². The second-order valence-electron chi connectivity index (χ2n) is 3.91. The topological polar surface area (TPSA) is 38.1 Å². The van der Waals surface area contributed by atoms with Gasteiger partial charge in [-0.15, -0.1) is 0 Å². The highest BCUT2D eigenvalue weighted by atomic mass is 16.3. The maximum atomic E-state index is 9.64. The summed E-state index contributed by atoms with van der Waals surface area (Å²) in [7, 11) is 0. The van der Waals surface area contributed by atoms with E-state index in [9.17, 15) is 5.11 Å². The zero-order chi connectivity index (χ0) is 9.71. The Morgan fingerprint density at radius 3 is 2.93 bits per heavy atom. The number of aromatic hydroxyl groups is 1. The maximum Gasteiger partial charge on any atom is 0.143 e. The predicted molar refractivity (Wildman–Crippen MR) is 54.4 cm³/mol. The molecule has 1 saturated carbocycles. The van der Waals surface area contributed by atoms with Crippen LogP contribution in [0.5, 0.6) is 5.75 Å². The van der Waals surface area contributed by atoms with Gasteiger partial charge in [-0.1, -0.05) is 6.07 Å². The summed E-state index contributed by atoms with van der Waals surface area (Å²) in [5.74, 6) is 1.29. The van der Waals surface area contributed by atoms with Crippen LogP contribution < -0.4 is 0 Å². The minimum absolute atomic E-state index is 0.282. The number of benzene rings is 1. The van der Waals surface area contributed by atoms with Gasteiger partial charge in [0.1, 0.15) is 17.1 Å². The molecule has 72 valence electrons. The number of phenols is 1. The Balaban J connectivity index is 2.37. The molecule has 0 saturated heterocycles. The van der Waals surface area contributed by atoms with Gasteiger partial charge in [0, 0.05) is 6.04 Å². The largest absolute Gasteiger partial charge is 0.506 e. The lowest BCUT2D eigenvalue weighted by molar-refractivity contribution is 0.480. The van der Waals surface area contributed by atoms with Gasteiger partial charge in [0.25, 0.3) is 0 Å². The van der Waals surface area contributed by atoms with Crippen molar-refractivity contribution in [2.75, 3.05) is 0 Å². The monoisotopic (exact) mass is 188 g/mol. The van der Waals surface area contributed by atoms with Gasteiger partial charge in [-0.2, -0.15) is 0 Å². The number of aromatic nitrogens is 2. The minimum Gasteiger partial charge on any atom is -0.506 e. The SMILES string of the molecule is Cc1nc2c(O)cccc2n1C1CC1. The zero-order valence-corrected chi connectivity index (χ0v) is 8.07. The molecule has 3 rings (SSSR count). The molecule has 0 bridgehead atoms. The molecule has 1 aliphatic carbocycles. The van der Waals surface area contributed by atoms with Crippen LogP contribution in [0, 0.1) is 6.92 Å². The first kappa shape index (κ1) is 7.85. The van der Waals surface area contributed by atoms with Gasteiger partial charge in [-0.05, 0) is 31.9 Å². The summed E-state index contributed by atoms with van der Waals surface area (Å²) in [4.78, 5) is 4.39. The lowest BCUT2D eigenvalue weighted by Crippen LogP contribution is -1.95. The summed E-state index contributed by atoms with van der Waals surface area (Å²) in [6.45, 7) is 2.00. The highest BCUT2D eigenvalue weighted by Crippen LogP contribution is 2.39. The van der Waals surface area contributed by atoms with Gasteiger partial charge in [0.05, 0.1) is 5.52 Å². The first-order valence-corrected chi connectivity index (χ1v) is 4.94. The Morgan fingerprint density at radius 2 is 2.21 bits per heavy atom. The lowest BCUT2D eigenvalue weighted by Gasteiger charge is -2.03. The molecule has 2 aromatic rings. The van der Waals surface area contributed by atoms with Crippen molar-refractivity contribution in [3.8, 4) is 5.75 Å². The molecular formula is C11H12N2O. The molecule has 0 unspecified atom stereocenters. The summed E-state index contributed by atoms with van der Waals surface area (Å²) in [6.07, 6.45) is 2.48. The number of fused-ring (bicyclic) bond motifs is 1. The van der Waals surface area contributed by atoms with E-state index in [0.717, 1.165) is 16.9 Å². The van der Waals surface area contributed by atoms with E-state index < -0.39 is 0 Å². The summed E-state index contributed by atoms with van der Waals surface area (Å²) >= 11 is 0. The van der Waals surface area contributed by atoms with E-state index in [1.807, 2.05) is 19.1 Å². The number of imidazole rings is 1. The number of nitrogens with zero attached hydrogens (tertiary/aromatic N) is 2. The molecule has 0 radical (unpaired) electrons. The van der Waals surface area contributed by atoms with Gasteiger partial charge in [-0.25, -0.2) is 4.98 Å². The first-order valence-electron chi connectivity index (χ1n) is 4.94. The quantitative estimate of drug-likeness (QED) is 0.746. The van der Waals surface area contributed by atoms with Crippen molar-refractivity contribution in [1.29, 1.82) is 0 Å². The Morgan fingerprint density at radius 1 is 1.43 bits per heavy atom. The van der Waals surface area contributed by atoms with Crippen LogP contribution in [-0.2, 0) is 0 Å². The Hall–Kier alpha value is -1.51. The fourth-order valence-corrected chi connectivity index (χ4v) is 2.01. The van der Waals surface area contributed by atoms with Crippen molar-refractivity contribution < 1.29 is 5.11 Å². The summed E-state index contributed by atoms with van der Waals surface area (Å²) in [5.41, 5.74) is 1.79. The Kier molecular flexibility index (Phi) is 1.40. The van der Waals surface area contributed by atoms with E-state index >= 15 is 0 Å². The minimum atomic E-state index is 0.282. The molecule has 1 aromatic heterocycles. The summed E-state index contributed by atoms with van der Waals surface area (Å²) in [6, 6.07) is 6.19. The lowest BCUT2D eigenvalue weighted by atomic mass is 10.3. The van der Waals surface area contributed by atoms with Crippen LogP contribution in [-0.4, -0.2) is 14.7 Å². The Labute approximate surface area is 82.0 Å². The molecule has 0 atom stereocenters. The highest BCUT2D eigenvalue weighted by Gasteiger charge is 2.27. The number of rotatable bonds is 1. The third kappa shape index (κ3) is 0.953. The average Bonchev–Trinajstić information content (AvgIpc) is 2.91. The molecule has 1 aliphatic rings. The number of hydrogen-bond acceptors (Lipinski definition) is 2. The van der Waals surface area contributed by atoms with Gasteiger partial charge < -0.3 is 9.67 Å². The second-order valence-corrected chi connectivity index (χ2v) is 3.91. The van der Waals surface area contributed by atoms with Gasteiger partial charge in [0.2, 0.25) is 0 Å². The smallest absolute Gasteiger partial charge is 0.143 e. The van der Waals surface area contributed by atoms with Crippen molar-refractivity contribution in [2.24, 2.45) is 0 Å². The normalized spacial score (nSPS) is 16.4. The van der Waals surface area contributed by atoms with Crippen LogP contribution in [0.25, 0.3) is 11.0 Å². The van der Waals surface area contributed by atoms with E-state index in [4.69, 9.17) is 0 Å². The van der Waals surface area contributed by atoms with Gasteiger partial charge >= 0.3 is 0 Å². The molecule has 14 heavy (non-hydrogen) atoms. The number of aryl methyl sites for hydroxylation is 1. The molecule has 0 spiro atoms. The predicted octanol–water partition coefficient (Wildman–Crippen LogP) is 2.39. The van der Waals surface area contributed by atoms with Crippen molar-refractivity contribution >= 4 is 11.0 Å². The molecule has 1 fully saturated rings. The molecule has 0 amide bonds. The van der Waals surface area contributed by atoms with E-state index in [1.165, 1.54) is 12.8 Å². The molecule has 1 N–H and O–H groups in total. The number of phenolic OH excluding ortho intramolecular Hbond substituents is 1.